The van der Waals surface area contributed by atoms with Crippen molar-refractivity contribution < 1.29 is 0 Å². The van der Waals surface area contributed by atoms with E-state index >= 15 is 0 Å². The Labute approximate surface area is 86.0 Å². The van der Waals surface area contributed by atoms with Crippen LogP contribution in [0, 0.1) is 5.41 Å². The van der Waals surface area contributed by atoms with Crippen LogP contribution in [-0.2, 0) is 0 Å². The minimum atomic E-state index is 0.204. The maximum atomic E-state index is 4.08. The van der Waals surface area contributed by atoms with Gasteiger partial charge in [-0.1, -0.05) is 57.7 Å². The van der Waals surface area contributed by atoms with Crippen LogP contribution in [0.3, 0.4) is 0 Å². The second-order valence-electron chi connectivity index (χ2n) is 4.88. The highest BCUT2D eigenvalue weighted by atomic mass is 14.3. The van der Waals surface area contributed by atoms with Gasteiger partial charge in [-0.25, -0.2) is 0 Å². The van der Waals surface area contributed by atoms with Crippen LogP contribution in [0.2, 0.25) is 0 Å². The topological polar surface area (TPSA) is 0 Å². The SMILES string of the molecule is C=C1C=C(C(C)(C)C)c2ccccc21. The smallest absolute Gasteiger partial charge is 0.0114 e. The van der Waals surface area contributed by atoms with Crippen molar-refractivity contribution >= 4 is 11.1 Å². The number of allylic oxidation sites excluding steroid dienone is 3. The molecule has 0 fully saturated rings. The lowest BCUT2D eigenvalue weighted by Gasteiger charge is -2.21. The summed E-state index contributed by atoms with van der Waals surface area (Å²) in [6, 6.07) is 8.50. The molecule has 0 saturated carbocycles. The molecule has 0 spiro atoms. The van der Waals surface area contributed by atoms with Gasteiger partial charge in [0.15, 0.2) is 0 Å². The first-order valence-electron chi connectivity index (χ1n) is 5.01. The molecule has 1 aromatic rings. The third kappa shape index (κ3) is 1.31. The predicted molar refractivity (Wildman–Crippen MR) is 62.9 cm³/mol. The summed E-state index contributed by atoms with van der Waals surface area (Å²) in [4.78, 5) is 0. The Hall–Kier alpha value is -1.30. The van der Waals surface area contributed by atoms with Crippen LogP contribution in [-0.4, -0.2) is 0 Å². The molecule has 0 heteroatoms. The van der Waals surface area contributed by atoms with Crippen LogP contribution in [0.15, 0.2) is 36.9 Å². The Balaban J connectivity index is 2.60. The number of benzene rings is 1. The standard InChI is InChI=1S/C14H16/c1-10-9-13(14(2,3)4)12-8-6-5-7-11(10)12/h5-9H,1H2,2-4H3. The van der Waals surface area contributed by atoms with Gasteiger partial charge in [-0.3, -0.25) is 0 Å². The van der Waals surface area contributed by atoms with E-state index in [9.17, 15) is 0 Å². The molecule has 1 aromatic carbocycles. The average Bonchev–Trinajstić information content (AvgIpc) is 2.44. The first kappa shape index (κ1) is 9.26. The van der Waals surface area contributed by atoms with Gasteiger partial charge in [-0.15, -0.1) is 0 Å². The van der Waals surface area contributed by atoms with E-state index in [0.717, 1.165) is 5.57 Å². The van der Waals surface area contributed by atoms with E-state index in [1.165, 1.54) is 16.7 Å². The molecule has 0 atom stereocenters. The molecule has 0 aliphatic heterocycles. The molecule has 0 heterocycles. The van der Waals surface area contributed by atoms with Crippen molar-refractivity contribution in [3.8, 4) is 0 Å². The first-order chi connectivity index (χ1) is 6.50. The Morgan fingerprint density at radius 2 is 1.57 bits per heavy atom. The molecular weight excluding hydrogens is 168 g/mol. The van der Waals surface area contributed by atoms with Crippen LogP contribution in [0.4, 0.5) is 0 Å². The quantitative estimate of drug-likeness (QED) is 0.568. The Bertz CT molecular complexity index is 414. The molecule has 0 amide bonds. The summed E-state index contributed by atoms with van der Waals surface area (Å²) >= 11 is 0. The fourth-order valence-corrected chi connectivity index (χ4v) is 1.95. The fourth-order valence-electron chi connectivity index (χ4n) is 1.95. The van der Waals surface area contributed by atoms with Gasteiger partial charge in [0.05, 0.1) is 0 Å². The molecule has 0 aromatic heterocycles. The van der Waals surface area contributed by atoms with Crippen LogP contribution < -0.4 is 0 Å². The van der Waals surface area contributed by atoms with Crippen molar-refractivity contribution in [3.05, 3.63) is 48.0 Å². The monoisotopic (exact) mass is 184 g/mol. The van der Waals surface area contributed by atoms with Crippen molar-refractivity contribution in [2.24, 2.45) is 5.41 Å². The maximum Gasteiger partial charge on any atom is -0.0114 e. The van der Waals surface area contributed by atoms with Crippen molar-refractivity contribution in [2.45, 2.75) is 20.8 Å². The van der Waals surface area contributed by atoms with Gasteiger partial charge in [0.1, 0.15) is 0 Å². The lowest BCUT2D eigenvalue weighted by Crippen LogP contribution is -2.06. The Morgan fingerprint density at radius 3 is 2.14 bits per heavy atom. The summed E-state index contributed by atoms with van der Waals surface area (Å²) in [5.74, 6) is 0. The highest BCUT2D eigenvalue weighted by Gasteiger charge is 2.25. The molecule has 1 aliphatic carbocycles. The molecule has 0 bridgehead atoms. The minimum Gasteiger partial charge on any atom is -0.0911 e. The van der Waals surface area contributed by atoms with E-state index in [4.69, 9.17) is 0 Å². The van der Waals surface area contributed by atoms with Crippen LogP contribution in [0.5, 0.6) is 0 Å². The summed E-state index contributed by atoms with van der Waals surface area (Å²) in [7, 11) is 0. The third-order valence-electron chi connectivity index (χ3n) is 2.69. The summed E-state index contributed by atoms with van der Waals surface area (Å²) in [6.07, 6.45) is 2.21. The summed E-state index contributed by atoms with van der Waals surface area (Å²) in [5, 5.41) is 0. The molecule has 0 saturated heterocycles. The lowest BCUT2D eigenvalue weighted by atomic mass is 9.83. The maximum absolute atomic E-state index is 4.08. The van der Waals surface area contributed by atoms with E-state index in [1.54, 1.807) is 0 Å². The van der Waals surface area contributed by atoms with Gasteiger partial charge >= 0.3 is 0 Å². The molecule has 14 heavy (non-hydrogen) atoms. The van der Waals surface area contributed by atoms with Gasteiger partial charge in [0.25, 0.3) is 0 Å². The zero-order valence-corrected chi connectivity index (χ0v) is 9.09. The van der Waals surface area contributed by atoms with E-state index in [1.807, 2.05) is 0 Å². The molecule has 72 valence electrons. The Morgan fingerprint density at radius 1 is 1.00 bits per heavy atom. The van der Waals surface area contributed by atoms with Crippen molar-refractivity contribution in [3.63, 3.8) is 0 Å². The first-order valence-corrected chi connectivity index (χ1v) is 5.01. The van der Waals surface area contributed by atoms with Crippen LogP contribution in [0.25, 0.3) is 11.1 Å². The van der Waals surface area contributed by atoms with Crippen LogP contribution >= 0.6 is 0 Å². The zero-order chi connectivity index (χ0) is 10.3. The van der Waals surface area contributed by atoms with Gasteiger partial charge in [-0.2, -0.15) is 0 Å². The number of hydrogen-bond acceptors (Lipinski definition) is 0. The highest BCUT2D eigenvalue weighted by Crippen LogP contribution is 2.43. The molecule has 0 nitrogen and oxygen atoms in total. The van der Waals surface area contributed by atoms with E-state index in [2.05, 4.69) is 57.7 Å². The fraction of sp³-hybridized carbons (Fsp3) is 0.286. The van der Waals surface area contributed by atoms with Gasteiger partial charge in [-0.05, 0) is 27.7 Å². The zero-order valence-electron chi connectivity index (χ0n) is 9.09. The van der Waals surface area contributed by atoms with Crippen molar-refractivity contribution in [2.75, 3.05) is 0 Å². The van der Waals surface area contributed by atoms with Gasteiger partial charge in [0.2, 0.25) is 0 Å². The molecular formula is C14H16. The number of hydrogen-bond donors (Lipinski definition) is 0. The molecule has 1 aliphatic rings. The second-order valence-corrected chi connectivity index (χ2v) is 4.88. The van der Waals surface area contributed by atoms with E-state index < -0.39 is 0 Å². The average molecular weight is 184 g/mol. The van der Waals surface area contributed by atoms with Gasteiger partial charge < -0.3 is 0 Å². The molecule has 2 rings (SSSR count). The van der Waals surface area contributed by atoms with E-state index in [0.29, 0.717) is 0 Å². The number of rotatable bonds is 0. The second kappa shape index (κ2) is 2.84. The lowest BCUT2D eigenvalue weighted by molar-refractivity contribution is 0.568. The van der Waals surface area contributed by atoms with Crippen molar-refractivity contribution in [1.82, 2.24) is 0 Å². The normalized spacial score (nSPS) is 15.4. The van der Waals surface area contributed by atoms with Crippen molar-refractivity contribution in [1.29, 1.82) is 0 Å². The van der Waals surface area contributed by atoms with Crippen LogP contribution in [0.1, 0.15) is 31.9 Å². The largest absolute Gasteiger partial charge is 0.0911 e. The Kier molecular flexibility index (Phi) is 1.88. The summed E-state index contributed by atoms with van der Waals surface area (Å²) in [6.45, 7) is 10.8. The predicted octanol–water partition coefficient (Wildman–Crippen LogP) is 4.14. The molecule has 0 radical (unpaired) electrons. The third-order valence-corrected chi connectivity index (χ3v) is 2.69. The highest BCUT2D eigenvalue weighted by molar-refractivity contribution is 5.96. The molecule has 0 N–H and O–H groups in total. The minimum absolute atomic E-state index is 0.204. The van der Waals surface area contributed by atoms with Gasteiger partial charge in [0, 0.05) is 0 Å². The summed E-state index contributed by atoms with van der Waals surface area (Å²) < 4.78 is 0. The molecule has 0 unspecified atom stereocenters. The summed E-state index contributed by atoms with van der Waals surface area (Å²) in [5.41, 5.74) is 5.39. The van der Waals surface area contributed by atoms with E-state index in [-0.39, 0.29) is 5.41 Å². The number of fused-ring (bicyclic) bond motifs is 1.